The van der Waals surface area contributed by atoms with Crippen molar-refractivity contribution in [1.82, 2.24) is 4.90 Å². The van der Waals surface area contributed by atoms with E-state index in [0.717, 1.165) is 18.6 Å². The number of carbonyl (C=O) groups is 1. The van der Waals surface area contributed by atoms with Crippen molar-refractivity contribution in [2.75, 3.05) is 12.5 Å². The third-order valence-electron chi connectivity index (χ3n) is 4.65. The van der Waals surface area contributed by atoms with Crippen LogP contribution in [0, 0.1) is 0 Å². The van der Waals surface area contributed by atoms with Gasteiger partial charge in [-0.1, -0.05) is 37.5 Å². The number of hydrogen-bond donors (Lipinski definition) is 0. The van der Waals surface area contributed by atoms with E-state index in [1.165, 1.54) is 19.3 Å². The van der Waals surface area contributed by atoms with Crippen molar-refractivity contribution in [2.24, 2.45) is 0 Å². The Morgan fingerprint density at radius 1 is 1.09 bits per heavy atom. The highest BCUT2D eigenvalue weighted by atomic mass is 32.2. The van der Waals surface area contributed by atoms with Gasteiger partial charge in [0.05, 0.1) is 0 Å². The minimum absolute atomic E-state index is 0.152. The van der Waals surface area contributed by atoms with Gasteiger partial charge in [0.2, 0.25) is 6.10 Å². The molecule has 5 heteroatoms. The zero-order valence-corrected chi connectivity index (χ0v) is 14.8. The van der Waals surface area contributed by atoms with Crippen LogP contribution in [0.1, 0.15) is 32.1 Å². The Balaban J connectivity index is 1.80. The quantitative estimate of drug-likeness (QED) is 0.600. The van der Waals surface area contributed by atoms with Crippen LogP contribution in [0.4, 0.5) is 0 Å². The highest BCUT2D eigenvalue weighted by Crippen LogP contribution is 2.52. The Bertz CT molecular complexity index is 513. The van der Waals surface area contributed by atoms with E-state index in [9.17, 15) is 4.79 Å². The second-order valence-corrected chi connectivity index (χ2v) is 8.17. The maximum atomic E-state index is 12.8. The van der Waals surface area contributed by atoms with Crippen LogP contribution in [0.15, 0.2) is 30.3 Å². The van der Waals surface area contributed by atoms with Gasteiger partial charge in [-0.15, -0.1) is 23.5 Å². The fourth-order valence-corrected chi connectivity index (χ4v) is 5.79. The second-order valence-electron chi connectivity index (χ2n) is 5.85. The summed E-state index contributed by atoms with van der Waals surface area (Å²) in [5.41, 5.74) is 0. The number of benzene rings is 1. The highest BCUT2D eigenvalue weighted by molar-refractivity contribution is 8.17. The molecule has 0 N–H and O–H groups in total. The Morgan fingerprint density at radius 3 is 2.32 bits per heavy atom. The van der Waals surface area contributed by atoms with E-state index < -0.39 is 0 Å². The maximum Gasteiger partial charge on any atom is 0.270 e. The van der Waals surface area contributed by atoms with E-state index in [4.69, 9.17) is 4.74 Å². The molecule has 22 heavy (non-hydrogen) atoms. The number of β-lactam (4-membered cyclic amide) rings is 1. The zero-order chi connectivity index (χ0) is 15.6. The first-order valence-electron chi connectivity index (χ1n) is 7.88. The Labute approximate surface area is 141 Å². The van der Waals surface area contributed by atoms with E-state index in [1.807, 2.05) is 30.3 Å². The molecule has 120 valence electrons. The van der Waals surface area contributed by atoms with Crippen LogP contribution >= 0.6 is 23.5 Å². The lowest BCUT2D eigenvalue weighted by molar-refractivity contribution is -0.164. The largest absolute Gasteiger partial charge is 0.476 e. The highest BCUT2D eigenvalue weighted by Gasteiger charge is 2.63. The Morgan fingerprint density at radius 2 is 1.73 bits per heavy atom. The molecule has 1 amide bonds. The first-order chi connectivity index (χ1) is 10.7. The van der Waals surface area contributed by atoms with Crippen molar-refractivity contribution in [3.63, 3.8) is 0 Å². The average molecular weight is 338 g/mol. The summed E-state index contributed by atoms with van der Waals surface area (Å²) < 4.78 is 5.77. The molecule has 2 fully saturated rings. The molecule has 1 aromatic rings. The van der Waals surface area contributed by atoms with Gasteiger partial charge in [0.25, 0.3) is 5.91 Å². The first-order valence-corrected chi connectivity index (χ1v) is 10.3. The van der Waals surface area contributed by atoms with E-state index in [1.54, 1.807) is 23.5 Å². The van der Waals surface area contributed by atoms with Crippen molar-refractivity contribution in [3.8, 4) is 5.75 Å². The van der Waals surface area contributed by atoms with Crippen molar-refractivity contribution in [2.45, 2.75) is 48.5 Å². The topological polar surface area (TPSA) is 29.5 Å². The Hall–Kier alpha value is -0.810. The van der Waals surface area contributed by atoms with Gasteiger partial charge in [-0.3, -0.25) is 4.79 Å². The molecule has 0 spiro atoms. The monoisotopic (exact) mass is 337 g/mol. The molecule has 3 rings (SSSR count). The number of para-hydroxylation sites is 1. The van der Waals surface area contributed by atoms with Crippen LogP contribution in [0.3, 0.4) is 0 Å². The number of ether oxygens (including phenoxy) is 1. The van der Waals surface area contributed by atoms with Crippen LogP contribution < -0.4 is 4.74 Å². The van der Waals surface area contributed by atoms with E-state index in [2.05, 4.69) is 17.4 Å². The van der Waals surface area contributed by atoms with Crippen LogP contribution in [-0.2, 0) is 4.79 Å². The lowest BCUT2D eigenvalue weighted by Crippen LogP contribution is -2.75. The molecule has 1 heterocycles. The summed E-state index contributed by atoms with van der Waals surface area (Å²) in [5, 5.41) is 0. The van der Waals surface area contributed by atoms with Crippen molar-refractivity contribution >= 4 is 29.4 Å². The number of hydrogen-bond acceptors (Lipinski definition) is 4. The normalized spacial score (nSPS) is 24.9. The number of thioether (sulfide) groups is 2. The molecular formula is C17H23NO2S2. The number of rotatable bonds is 5. The van der Waals surface area contributed by atoms with Gasteiger partial charge in [-0.2, -0.15) is 0 Å². The van der Waals surface area contributed by atoms with Crippen molar-refractivity contribution < 1.29 is 9.53 Å². The standard InChI is InChI=1S/C17H23NO2S2/c1-21-17(22-2)15(20-14-11-7-4-8-12-14)16(19)18(17)13-9-5-3-6-10-13/h4,7-8,11-13,15H,3,5-6,9-10H2,1-2H3/t15-/m1/s1. The minimum Gasteiger partial charge on any atom is -0.476 e. The number of nitrogens with zero attached hydrogens (tertiary/aromatic N) is 1. The third kappa shape index (κ3) is 2.62. The first kappa shape index (κ1) is 16.1. The summed E-state index contributed by atoms with van der Waals surface area (Å²) in [4.78, 5) is 14.9. The zero-order valence-electron chi connectivity index (χ0n) is 13.2. The molecule has 0 bridgehead atoms. The predicted molar refractivity (Wildman–Crippen MR) is 94.3 cm³/mol. The van der Waals surface area contributed by atoms with Gasteiger partial charge in [-0.05, 0) is 37.5 Å². The fraction of sp³-hybridized carbons (Fsp3) is 0.588. The molecular weight excluding hydrogens is 314 g/mol. The van der Waals surface area contributed by atoms with Crippen LogP contribution in [0.2, 0.25) is 0 Å². The van der Waals surface area contributed by atoms with Gasteiger partial charge in [0.1, 0.15) is 5.75 Å². The van der Waals surface area contributed by atoms with E-state index >= 15 is 0 Å². The number of carbonyl (C=O) groups excluding carboxylic acids is 1. The molecule has 1 aliphatic carbocycles. The van der Waals surface area contributed by atoms with Gasteiger partial charge < -0.3 is 9.64 Å². The molecule has 0 unspecified atom stereocenters. The molecule has 1 saturated heterocycles. The van der Waals surface area contributed by atoms with Crippen molar-refractivity contribution in [3.05, 3.63) is 30.3 Å². The van der Waals surface area contributed by atoms with Crippen LogP contribution in [0.5, 0.6) is 5.75 Å². The lowest BCUT2D eigenvalue weighted by Gasteiger charge is -2.58. The molecule has 1 saturated carbocycles. The minimum atomic E-state index is -0.387. The molecule has 3 nitrogen and oxygen atoms in total. The summed E-state index contributed by atoms with van der Waals surface area (Å²) in [6.07, 6.45) is 9.81. The molecule has 0 aromatic heterocycles. The van der Waals surface area contributed by atoms with Crippen molar-refractivity contribution in [1.29, 1.82) is 0 Å². The fourth-order valence-electron chi connectivity index (χ4n) is 3.52. The number of likely N-dealkylation sites (tertiary alicyclic amines) is 1. The lowest BCUT2D eigenvalue weighted by atomic mass is 9.91. The van der Waals surface area contributed by atoms with Gasteiger partial charge in [0, 0.05) is 6.04 Å². The summed E-state index contributed by atoms with van der Waals surface area (Å²) >= 11 is 3.47. The summed E-state index contributed by atoms with van der Waals surface area (Å²) in [6, 6.07) is 10.1. The molecule has 1 atom stereocenters. The molecule has 1 aromatic carbocycles. The van der Waals surface area contributed by atoms with Gasteiger partial charge in [-0.25, -0.2) is 0 Å². The van der Waals surface area contributed by atoms with Gasteiger partial charge in [0.15, 0.2) is 4.20 Å². The predicted octanol–water partition coefficient (Wildman–Crippen LogP) is 3.99. The molecule has 1 aliphatic heterocycles. The van der Waals surface area contributed by atoms with E-state index in [-0.39, 0.29) is 16.2 Å². The third-order valence-corrected chi connectivity index (χ3v) is 7.64. The SMILES string of the molecule is CSC1(SC)[C@H](Oc2ccccc2)C(=O)N1C1CCCCC1. The summed E-state index contributed by atoms with van der Waals surface area (Å²) in [7, 11) is 0. The van der Waals surface area contributed by atoms with E-state index in [0.29, 0.717) is 6.04 Å². The second kappa shape index (κ2) is 6.75. The van der Waals surface area contributed by atoms with Gasteiger partial charge >= 0.3 is 0 Å². The summed E-state index contributed by atoms with van der Waals surface area (Å²) in [5.74, 6) is 0.927. The molecule has 2 aliphatic rings. The summed E-state index contributed by atoms with van der Waals surface area (Å²) in [6.45, 7) is 0. The Kier molecular flexibility index (Phi) is 4.93. The van der Waals surface area contributed by atoms with Crippen LogP contribution in [0.25, 0.3) is 0 Å². The maximum absolute atomic E-state index is 12.8. The molecule has 0 radical (unpaired) electrons. The number of amides is 1. The average Bonchev–Trinajstić information content (AvgIpc) is 2.59. The smallest absolute Gasteiger partial charge is 0.270 e. The van der Waals surface area contributed by atoms with Crippen LogP contribution in [-0.4, -0.2) is 39.7 Å².